The van der Waals surface area contributed by atoms with Gasteiger partial charge in [0.2, 0.25) is 5.89 Å². The van der Waals surface area contributed by atoms with Crippen LogP contribution in [0.3, 0.4) is 0 Å². The summed E-state index contributed by atoms with van der Waals surface area (Å²) in [5.74, 6) is 0.952. The van der Waals surface area contributed by atoms with Crippen LogP contribution in [0.25, 0.3) is 0 Å². The second-order valence-corrected chi connectivity index (χ2v) is 4.51. The number of aryl methyl sites for hydroxylation is 1. The third-order valence-corrected chi connectivity index (χ3v) is 3.24. The number of carbonyl (C=O) groups excluding carboxylic acids is 1. The van der Waals surface area contributed by atoms with E-state index in [0.29, 0.717) is 18.3 Å². The molecule has 0 atom stereocenters. The predicted molar refractivity (Wildman–Crippen MR) is 62.9 cm³/mol. The molecular formula is C11H18N4O3. The molecular weight excluding hydrogens is 236 g/mol. The van der Waals surface area contributed by atoms with Gasteiger partial charge in [0.25, 0.3) is 0 Å². The Morgan fingerprint density at radius 3 is 2.78 bits per heavy atom. The first-order chi connectivity index (χ1) is 8.63. The van der Waals surface area contributed by atoms with Crippen LogP contribution in [0.1, 0.15) is 31.0 Å². The van der Waals surface area contributed by atoms with Crippen LogP contribution in [-0.2, 0) is 11.3 Å². The van der Waals surface area contributed by atoms with Gasteiger partial charge in [0, 0.05) is 13.7 Å². The Labute approximate surface area is 105 Å². The normalized spacial score (nSPS) is 17.0. The molecule has 2 N–H and O–H groups in total. The average molecular weight is 254 g/mol. The van der Waals surface area contributed by atoms with Crippen molar-refractivity contribution in [1.29, 1.82) is 0 Å². The maximum atomic E-state index is 11.6. The fourth-order valence-corrected chi connectivity index (χ4v) is 1.90. The molecule has 7 nitrogen and oxygen atoms in total. The SMILES string of the molecule is COC1(CNC(=O)NCc2nc(C)no2)CCC1. The molecule has 0 saturated heterocycles. The number of nitrogens with one attached hydrogen (secondary N) is 2. The zero-order valence-corrected chi connectivity index (χ0v) is 10.7. The van der Waals surface area contributed by atoms with E-state index in [4.69, 9.17) is 9.26 Å². The van der Waals surface area contributed by atoms with Crippen molar-refractivity contribution in [3.8, 4) is 0 Å². The minimum absolute atomic E-state index is 0.168. The average Bonchev–Trinajstić information content (AvgIpc) is 2.72. The van der Waals surface area contributed by atoms with Gasteiger partial charge in [0.1, 0.15) is 0 Å². The molecule has 100 valence electrons. The molecule has 0 radical (unpaired) electrons. The molecule has 1 aliphatic carbocycles. The lowest BCUT2D eigenvalue weighted by Crippen LogP contribution is -2.51. The Morgan fingerprint density at radius 1 is 1.50 bits per heavy atom. The predicted octanol–water partition coefficient (Wildman–Crippen LogP) is 0.746. The van der Waals surface area contributed by atoms with Gasteiger partial charge in [0.15, 0.2) is 5.82 Å². The number of hydrogen-bond acceptors (Lipinski definition) is 5. The van der Waals surface area contributed by atoms with Crippen LogP contribution < -0.4 is 10.6 Å². The number of aromatic nitrogens is 2. The molecule has 1 saturated carbocycles. The summed E-state index contributed by atoms with van der Waals surface area (Å²) in [5, 5.41) is 9.08. The van der Waals surface area contributed by atoms with Gasteiger partial charge in [-0.25, -0.2) is 4.79 Å². The van der Waals surface area contributed by atoms with Gasteiger partial charge >= 0.3 is 6.03 Å². The molecule has 1 aromatic heterocycles. The molecule has 18 heavy (non-hydrogen) atoms. The first kappa shape index (κ1) is 12.8. The van der Waals surface area contributed by atoms with E-state index in [2.05, 4.69) is 20.8 Å². The van der Waals surface area contributed by atoms with E-state index < -0.39 is 0 Å². The summed E-state index contributed by atoms with van der Waals surface area (Å²) in [4.78, 5) is 15.5. The van der Waals surface area contributed by atoms with Crippen LogP contribution in [0, 0.1) is 6.92 Å². The molecule has 0 bridgehead atoms. The van der Waals surface area contributed by atoms with E-state index >= 15 is 0 Å². The number of methoxy groups -OCH3 is 1. The molecule has 2 rings (SSSR count). The summed E-state index contributed by atoms with van der Waals surface area (Å²) in [5.41, 5.74) is -0.168. The van der Waals surface area contributed by atoms with Gasteiger partial charge in [-0.2, -0.15) is 4.98 Å². The van der Waals surface area contributed by atoms with Crippen LogP contribution in [-0.4, -0.2) is 35.4 Å². The monoisotopic (exact) mass is 254 g/mol. The van der Waals surface area contributed by atoms with Crippen molar-refractivity contribution in [2.75, 3.05) is 13.7 Å². The quantitative estimate of drug-likeness (QED) is 0.809. The molecule has 0 aliphatic heterocycles. The number of hydrogen-bond donors (Lipinski definition) is 2. The first-order valence-electron chi connectivity index (χ1n) is 6.00. The van der Waals surface area contributed by atoms with Crippen molar-refractivity contribution in [2.24, 2.45) is 0 Å². The second kappa shape index (κ2) is 5.34. The van der Waals surface area contributed by atoms with Gasteiger partial charge in [-0.3, -0.25) is 0 Å². The fraction of sp³-hybridized carbons (Fsp3) is 0.727. The Hall–Kier alpha value is -1.63. The highest BCUT2D eigenvalue weighted by molar-refractivity contribution is 5.73. The van der Waals surface area contributed by atoms with E-state index in [1.54, 1.807) is 14.0 Å². The van der Waals surface area contributed by atoms with Crippen molar-refractivity contribution in [3.63, 3.8) is 0 Å². The maximum Gasteiger partial charge on any atom is 0.315 e. The number of amides is 2. The van der Waals surface area contributed by atoms with Crippen molar-refractivity contribution in [1.82, 2.24) is 20.8 Å². The molecule has 1 fully saturated rings. The van der Waals surface area contributed by atoms with E-state index in [-0.39, 0.29) is 18.2 Å². The summed E-state index contributed by atoms with van der Waals surface area (Å²) < 4.78 is 10.3. The molecule has 1 aromatic rings. The van der Waals surface area contributed by atoms with E-state index in [0.717, 1.165) is 19.3 Å². The smallest absolute Gasteiger partial charge is 0.315 e. The van der Waals surface area contributed by atoms with Gasteiger partial charge < -0.3 is 19.9 Å². The van der Waals surface area contributed by atoms with Crippen LogP contribution in [0.15, 0.2) is 4.52 Å². The van der Waals surface area contributed by atoms with Crippen molar-refractivity contribution in [2.45, 2.75) is 38.3 Å². The lowest BCUT2D eigenvalue weighted by molar-refractivity contribution is -0.0674. The second-order valence-electron chi connectivity index (χ2n) is 4.51. The topological polar surface area (TPSA) is 89.3 Å². The lowest BCUT2D eigenvalue weighted by atomic mass is 9.80. The highest BCUT2D eigenvalue weighted by atomic mass is 16.5. The summed E-state index contributed by atoms with van der Waals surface area (Å²) in [6.07, 6.45) is 3.14. The molecule has 1 aliphatic rings. The van der Waals surface area contributed by atoms with Crippen molar-refractivity contribution < 1.29 is 14.1 Å². The standard InChI is InChI=1S/C11H18N4O3/c1-8-14-9(18-15-8)6-12-10(16)13-7-11(17-2)4-3-5-11/h3-7H2,1-2H3,(H2,12,13,16). The summed E-state index contributed by atoms with van der Waals surface area (Å²) in [6, 6.07) is -0.255. The van der Waals surface area contributed by atoms with Crippen LogP contribution in [0.5, 0.6) is 0 Å². The zero-order chi connectivity index (χ0) is 13.0. The van der Waals surface area contributed by atoms with Crippen molar-refractivity contribution in [3.05, 3.63) is 11.7 Å². The largest absolute Gasteiger partial charge is 0.376 e. The first-order valence-corrected chi connectivity index (χ1v) is 6.00. The van der Waals surface area contributed by atoms with Crippen LogP contribution in [0.2, 0.25) is 0 Å². The maximum absolute atomic E-state index is 11.6. The number of carbonyl (C=O) groups is 1. The molecule has 0 aromatic carbocycles. The Bertz CT molecular complexity index is 409. The minimum atomic E-state index is -0.255. The van der Waals surface area contributed by atoms with E-state index in [9.17, 15) is 4.79 Å². The number of rotatable bonds is 5. The highest BCUT2D eigenvalue weighted by Crippen LogP contribution is 2.34. The number of nitrogens with zero attached hydrogens (tertiary/aromatic N) is 2. The fourth-order valence-electron chi connectivity index (χ4n) is 1.90. The molecule has 0 unspecified atom stereocenters. The molecule has 7 heteroatoms. The van der Waals surface area contributed by atoms with Gasteiger partial charge in [-0.05, 0) is 26.2 Å². The Balaban J connectivity index is 1.69. The third kappa shape index (κ3) is 2.98. The van der Waals surface area contributed by atoms with Gasteiger partial charge in [0.05, 0.1) is 12.1 Å². The summed E-state index contributed by atoms with van der Waals surface area (Å²) in [7, 11) is 1.68. The lowest BCUT2D eigenvalue weighted by Gasteiger charge is -2.40. The number of ether oxygens (including phenoxy) is 1. The summed E-state index contributed by atoms with van der Waals surface area (Å²) in [6.45, 7) is 2.48. The van der Waals surface area contributed by atoms with Gasteiger partial charge in [-0.1, -0.05) is 5.16 Å². The summed E-state index contributed by atoms with van der Waals surface area (Å²) >= 11 is 0. The van der Waals surface area contributed by atoms with E-state index in [1.807, 2.05) is 0 Å². The Kier molecular flexibility index (Phi) is 3.81. The number of urea groups is 1. The Morgan fingerprint density at radius 2 is 2.28 bits per heavy atom. The minimum Gasteiger partial charge on any atom is -0.376 e. The third-order valence-electron chi connectivity index (χ3n) is 3.24. The van der Waals surface area contributed by atoms with E-state index in [1.165, 1.54) is 0 Å². The van der Waals surface area contributed by atoms with Gasteiger partial charge in [-0.15, -0.1) is 0 Å². The van der Waals surface area contributed by atoms with Crippen LogP contribution in [0.4, 0.5) is 4.79 Å². The molecule has 0 spiro atoms. The molecule has 1 heterocycles. The van der Waals surface area contributed by atoms with Crippen molar-refractivity contribution >= 4 is 6.03 Å². The highest BCUT2D eigenvalue weighted by Gasteiger charge is 2.37. The molecule has 2 amide bonds. The zero-order valence-electron chi connectivity index (χ0n) is 10.7. The van der Waals surface area contributed by atoms with Crippen LogP contribution >= 0.6 is 0 Å².